The lowest BCUT2D eigenvalue weighted by Crippen LogP contribution is -2.32. The minimum Gasteiger partial charge on any atom is -0.339 e. The molecule has 1 N–H and O–H groups in total. The number of benzene rings is 1. The third-order valence-electron chi connectivity index (χ3n) is 4.40. The van der Waals surface area contributed by atoms with Gasteiger partial charge < -0.3 is 5.32 Å². The summed E-state index contributed by atoms with van der Waals surface area (Å²) in [4.78, 5) is 20.4. The zero-order chi connectivity index (χ0) is 22.8. The maximum absolute atomic E-state index is 13.5. The standard InChI is InChI=1S/C21H15F6N3O/c1-12-9-14(11-28-10-12)19(31)30-17(13-4-6-15(7-5-13)20(22,23)24)18-16(21(25,26)27)3-2-8-29-18/h2-11,17H,1H3,(H,30,31)/t17-/m0/s1. The normalized spacial score (nSPS) is 13.0. The molecule has 0 radical (unpaired) electrons. The molecule has 4 nitrogen and oxygen atoms in total. The van der Waals surface area contributed by atoms with Crippen molar-refractivity contribution in [3.8, 4) is 0 Å². The van der Waals surface area contributed by atoms with Crippen molar-refractivity contribution < 1.29 is 31.1 Å². The number of hydrogen-bond acceptors (Lipinski definition) is 3. The van der Waals surface area contributed by atoms with E-state index in [1.807, 2.05) is 0 Å². The number of amides is 1. The van der Waals surface area contributed by atoms with Gasteiger partial charge in [-0.25, -0.2) is 0 Å². The first-order chi connectivity index (χ1) is 14.5. The molecule has 31 heavy (non-hydrogen) atoms. The Bertz CT molecular complexity index is 1080. The highest BCUT2D eigenvalue weighted by atomic mass is 19.4. The van der Waals surface area contributed by atoms with Gasteiger partial charge in [-0.3, -0.25) is 14.8 Å². The molecule has 0 aliphatic carbocycles. The number of aromatic nitrogens is 2. The second-order valence-electron chi connectivity index (χ2n) is 6.71. The number of nitrogens with zero attached hydrogens (tertiary/aromatic N) is 2. The number of halogens is 6. The van der Waals surface area contributed by atoms with Crippen LogP contribution < -0.4 is 5.32 Å². The lowest BCUT2D eigenvalue weighted by molar-refractivity contribution is -0.139. The van der Waals surface area contributed by atoms with E-state index in [0.29, 0.717) is 5.56 Å². The number of carbonyl (C=O) groups excluding carboxylic acids is 1. The molecule has 3 aromatic rings. The molecule has 162 valence electrons. The number of alkyl halides is 6. The number of nitrogens with one attached hydrogen (secondary N) is 1. The van der Waals surface area contributed by atoms with Gasteiger partial charge in [0, 0.05) is 18.6 Å². The molecule has 1 atom stereocenters. The number of hydrogen-bond donors (Lipinski definition) is 1. The summed E-state index contributed by atoms with van der Waals surface area (Å²) in [6.45, 7) is 1.68. The summed E-state index contributed by atoms with van der Waals surface area (Å²) in [6, 6.07) is 5.40. The molecule has 0 aliphatic rings. The summed E-state index contributed by atoms with van der Waals surface area (Å²) in [7, 11) is 0. The van der Waals surface area contributed by atoms with E-state index in [0.717, 1.165) is 42.6 Å². The van der Waals surface area contributed by atoms with E-state index >= 15 is 0 Å². The van der Waals surface area contributed by atoms with E-state index in [1.54, 1.807) is 6.92 Å². The van der Waals surface area contributed by atoms with Crippen LogP contribution in [0.5, 0.6) is 0 Å². The van der Waals surface area contributed by atoms with Gasteiger partial charge in [-0.05, 0) is 48.4 Å². The van der Waals surface area contributed by atoms with Gasteiger partial charge in [0.15, 0.2) is 0 Å². The molecule has 2 aromatic heterocycles. The van der Waals surface area contributed by atoms with Crippen LogP contribution in [0.2, 0.25) is 0 Å². The molecule has 0 spiro atoms. The van der Waals surface area contributed by atoms with Crippen LogP contribution in [0, 0.1) is 6.92 Å². The van der Waals surface area contributed by atoms with Gasteiger partial charge >= 0.3 is 12.4 Å². The van der Waals surface area contributed by atoms with Crippen molar-refractivity contribution in [3.05, 3.63) is 94.6 Å². The van der Waals surface area contributed by atoms with E-state index in [-0.39, 0.29) is 11.1 Å². The van der Waals surface area contributed by atoms with Crippen molar-refractivity contribution in [1.29, 1.82) is 0 Å². The fourth-order valence-corrected chi connectivity index (χ4v) is 2.95. The smallest absolute Gasteiger partial charge is 0.339 e. The van der Waals surface area contributed by atoms with Crippen LogP contribution in [0.25, 0.3) is 0 Å². The van der Waals surface area contributed by atoms with E-state index in [1.165, 1.54) is 18.5 Å². The number of carbonyl (C=O) groups is 1. The first-order valence-electron chi connectivity index (χ1n) is 8.88. The Kier molecular flexibility index (Phi) is 6.01. The third kappa shape index (κ3) is 5.19. The Balaban J connectivity index is 2.08. The Morgan fingerprint density at radius 1 is 0.968 bits per heavy atom. The molecule has 2 heterocycles. The SMILES string of the molecule is Cc1cncc(C(=O)N[C@@H](c2ccc(C(F)(F)F)cc2)c2ncccc2C(F)(F)F)c1. The summed E-state index contributed by atoms with van der Waals surface area (Å²) in [5, 5.41) is 2.44. The molecule has 0 saturated carbocycles. The molecular formula is C21H15F6N3O. The molecule has 1 aromatic carbocycles. The number of pyridine rings is 2. The summed E-state index contributed by atoms with van der Waals surface area (Å²) < 4.78 is 79.3. The van der Waals surface area contributed by atoms with Crippen LogP contribution in [0.4, 0.5) is 26.3 Å². The summed E-state index contributed by atoms with van der Waals surface area (Å²) in [5.41, 5.74) is -1.88. The second kappa shape index (κ2) is 8.37. The predicted molar refractivity (Wildman–Crippen MR) is 99.0 cm³/mol. The monoisotopic (exact) mass is 439 g/mol. The molecule has 0 fully saturated rings. The molecule has 0 bridgehead atoms. The molecule has 1 amide bonds. The Labute approximate surface area is 173 Å². The first kappa shape index (κ1) is 22.3. The first-order valence-corrected chi connectivity index (χ1v) is 8.88. The summed E-state index contributed by atoms with van der Waals surface area (Å²) in [5.74, 6) is -0.750. The van der Waals surface area contributed by atoms with Gasteiger partial charge in [-0.15, -0.1) is 0 Å². The van der Waals surface area contributed by atoms with Gasteiger partial charge in [0.2, 0.25) is 0 Å². The number of aryl methyl sites for hydroxylation is 1. The largest absolute Gasteiger partial charge is 0.418 e. The summed E-state index contributed by atoms with van der Waals surface area (Å²) in [6.07, 6.45) is -5.57. The van der Waals surface area contributed by atoms with Crippen LogP contribution in [-0.2, 0) is 12.4 Å². The van der Waals surface area contributed by atoms with Gasteiger partial charge in [-0.2, -0.15) is 26.3 Å². The van der Waals surface area contributed by atoms with Gasteiger partial charge in [0.05, 0.1) is 28.4 Å². The van der Waals surface area contributed by atoms with Crippen LogP contribution in [0.1, 0.15) is 44.3 Å². The van der Waals surface area contributed by atoms with Gasteiger partial charge in [0.1, 0.15) is 0 Å². The van der Waals surface area contributed by atoms with E-state index in [4.69, 9.17) is 0 Å². The van der Waals surface area contributed by atoms with E-state index in [9.17, 15) is 31.1 Å². The van der Waals surface area contributed by atoms with Crippen LogP contribution in [0.3, 0.4) is 0 Å². The highest BCUT2D eigenvalue weighted by molar-refractivity contribution is 5.94. The van der Waals surface area contributed by atoms with Crippen molar-refractivity contribution in [2.24, 2.45) is 0 Å². The molecule has 3 rings (SSSR count). The van der Waals surface area contributed by atoms with Crippen LogP contribution in [0.15, 0.2) is 61.1 Å². The van der Waals surface area contributed by atoms with E-state index < -0.39 is 41.1 Å². The predicted octanol–water partition coefficient (Wildman–Crippen LogP) is 5.34. The lowest BCUT2D eigenvalue weighted by Gasteiger charge is -2.23. The molecular weight excluding hydrogens is 424 g/mol. The maximum atomic E-state index is 13.5. The van der Waals surface area contributed by atoms with Crippen molar-refractivity contribution in [2.75, 3.05) is 0 Å². The van der Waals surface area contributed by atoms with E-state index in [2.05, 4.69) is 15.3 Å². The minimum absolute atomic E-state index is 0.00571. The van der Waals surface area contributed by atoms with Crippen molar-refractivity contribution in [1.82, 2.24) is 15.3 Å². The molecule has 0 aliphatic heterocycles. The average Bonchev–Trinajstić information content (AvgIpc) is 2.71. The Morgan fingerprint density at radius 2 is 1.65 bits per heavy atom. The minimum atomic E-state index is -4.79. The summed E-state index contributed by atoms with van der Waals surface area (Å²) >= 11 is 0. The highest BCUT2D eigenvalue weighted by Crippen LogP contribution is 2.36. The number of rotatable bonds is 4. The quantitative estimate of drug-likeness (QED) is 0.559. The van der Waals surface area contributed by atoms with Crippen LogP contribution >= 0.6 is 0 Å². The lowest BCUT2D eigenvalue weighted by atomic mass is 9.97. The Hall–Kier alpha value is -3.43. The second-order valence-corrected chi connectivity index (χ2v) is 6.71. The van der Waals surface area contributed by atoms with Crippen molar-refractivity contribution >= 4 is 5.91 Å². The van der Waals surface area contributed by atoms with Gasteiger partial charge in [-0.1, -0.05) is 12.1 Å². The average molecular weight is 439 g/mol. The fraction of sp³-hybridized carbons (Fsp3) is 0.190. The topological polar surface area (TPSA) is 54.9 Å². The maximum Gasteiger partial charge on any atom is 0.418 e. The van der Waals surface area contributed by atoms with Crippen LogP contribution in [-0.4, -0.2) is 15.9 Å². The molecule has 0 unspecified atom stereocenters. The zero-order valence-electron chi connectivity index (χ0n) is 15.9. The zero-order valence-corrected chi connectivity index (χ0v) is 15.9. The van der Waals surface area contributed by atoms with Crippen molar-refractivity contribution in [3.63, 3.8) is 0 Å². The third-order valence-corrected chi connectivity index (χ3v) is 4.40. The van der Waals surface area contributed by atoms with Crippen molar-refractivity contribution in [2.45, 2.75) is 25.3 Å². The van der Waals surface area contributed by atoms with Gasteiger partial charge in [0.25, 0.3) is 5.91 Å². The Morgan fingerprint density at radius 3 is 2.23 bits per heavy atom. The molecule has 0 saturated heterocycles. The molecule has 10 heteroatoms. The highest BCUT2D eigenvalue weighted by Gasteiger charge is 2.37. The fourth-order valence-electron chi connectivity index (χ4n) is 2.95.